The van der Waals surface area contributed by atoms with Gasteiger partial charge in [0.2, 0.25) is 0 Å². The van der Waals surface area contributed by atoms with Gasteiger partial charge in [0.15, 0.2) is 0 Å². The molecule has 13 heteroatoms. The highest BCUT2D eigenvalue weighted by Crippen LogP contribution is 2.23. The molecular weight excluding hydrogens is 516 g/mol. The van der Waals surface area contributed by atoms with E-state index in [1.807, 2.05) is 0 Å². The minimum atomic E-state index is -4.60. The summed E-state index contributed by atoms with van der Waals surface area (Å²) >= 11 is 0. The van der Waals surface area contributed by atoms with Gasteiger partial charge in [-0.2, -0.15) is 0 Å². The molecule has 1 fully saturated rings. The number of benzene rings is 1. The van der Waals surface area contributed by atoms with E-state index in [1.54, 1.807) is 39.8 Å². The van der Waals surface area contributed by atoms with Crippen molar-refractivity contribution in [3.63, 3.8) is 0 Å². The van der Waals surface area contributed by atoms with Crippen LogP contribution in [0.5, 0.6) is 0 Å². The lowest BCUT2D eigenvalue weighted by atomic mass is 10.1. The third kappa shape index (κ3) is 9.07. The van der Waals surface area contributed by atoms with Crippen molar-refractivity contribution in [3.8, 4) is 0 Å². The van der Waals surface area contributed by atoms with Crippen molar-refractivity contribution in [3.05, 3.63) is 29.8 Å². The molecule has 0 aliphatic carbocycles. The van der Waals surface area contributed by atoms with Gasteiger partial charge in [-0.1, -0.05) is 17.7 Å². The maximum Gasteiger partial charge on any atom is 0.408 e. The number of nitrogens with two attached hydrogens (primary N) is 1. The lowest BCUT2D eigenvalue weighted by molar-refractivity contribution is -0.165. The summed E-state index contributed by atoms with van der Waals surface area (Å²) in [7, 11) is -4.60. The van der Waals surface area contributed by atoms with Gasteiger partial charge in [-0.15, -0.1) is 0 Å². The quantitative estimate of drug-likeness (QED) is 0.206. The Balaban J connectivity index is 2.42. The topological polar surface area (TPSA) is 174 Å². The fraction of sp³-hybridized carbons (Fsp3) is 0.600. The summed E-state index contributed by atoms with van der Waals surface area (Å²) in [4.78, 5) is 51.0. The standard InChI is InChI=1S/C25H38N4O8S/c1-17-10-12-18(13-11-17)38(34,35)29(21(30)16-28-24(33)37-25(2,3)4)20(9-5-6-14-26)23(32)36-22(31)19-8-7-15-27-19/h10-13,19-20,27H,5-9,14-16,26H2,1-4H3,(H,28,33)/t19-,20-/m0/s1. The summed E-state index contributed by atoms with van der Waals surface area (Å²) in [6.07, 6.45) is 0.821. The normalized spacial score (nSPS) is 16.4. The second-order valence-corrected chi connectivity index (χ2v) is 11.9. The van der Waals surface area contributed by atoms with Crippen molar-refractivity contribution >= 4 is 34.0 Å². The van der Waals surface area contributed by atoms with Crippen LogP contribution >= 0.6 is 0 Å². The predicted molar refractivity (Wildman–Crippen MR) is 138 cm³/mol. The van der Waals surface area contributed by atoms with Crippen molar-refractivity contribution < 1.29 is 37.1 Å². The van der Waals surface area contributed by atoms with Gasteiger partial charge in [0, 0.05) is 0 Å². The van der Waals surface area contributed by atoms with Crippen LogP contribution in [0, 0.1) is 6.92 Å². The zero-order valence-corrected chi connectivity index (χ0v) is 23.1. The van der Waals surface area contributed by atoms with E-state index in [0.717, 1.165) is 12.0 Å². The number of nitrogens with one attached hydrogen (secondary N) is 2. The first-order valence-electron chi connectivity index (χ1n) is 12.6. The molecule has 4 N–H and O–H groups in total. The molecule has 2 rings (SSSR count). The minimum Gasteiger partial charge on any atom is -0.444 e. The van der Waals surface area contributed by atoms with Crippen LogP contribution in [0.25, 0.3) is 0 Å². The van der Waals surface area contributed by atoms with Crippen LogP contribution in [-0.4, -0.2) is 74.0 Å². The summed E-state index contributed by atoms with van der Waals surface area (Å²) in [5.74, 6) is -3.12. The molecule has 12 nitrogen and oxygen atoms in total. The number of alkyl carbamates (subject to hydrolysis) is 1. The van der Waals surface area contributed by atoms with Gasteiger partial charge in [-0.05, 0) is 85.0 Å². The molecule has 1 aromatic rings. The number of carbonyl (C=O) groups is 4. The first-order valence-corrected chi connectivity index (χ1v) is 14.0. The highest BCUT2D eigenvalue weighted by atomic mass is 32.2. The van der Waals surface area contributed by atoms with Gasteiger partial charge in [-0.25, -0.2) is 27.1 Å². The number of sulfonamides is 1. The van der Waals surface area contributed by atoms with E-state index >= 15 is 0 Å². The molecule has 212 valence electrons. The Labute approximate surface area is 223 Å². The molecular formula is C25H38N4O8S. The molecule has 0 aromatic heterocycles. The summed E-state index contributed by atoms with van der Waals surface area (Å²) in [5.41, 5.74) is 5.50. The molecule has 0 bridgehead atoms. The van der Waals surface area contributed by atoms with Crippen molar-refractivity contribution in [2.75, 3.05) is 19.6 Å². The van der Waals surface area contributed by atoms with Crippen molar-refractivity contribution in [2.24, 2.45) is 5.73 Å². The molecule has 2 amide bonds. The maximum absolute atomic E-state index is 13.7. The van der Waals surface area contributed by atoms with Crippen molar-refractivity contribution in [1.29, 1.82) is 0 Å². The van der Waals surface area contributed by atoms with Crippen molar-refractivity contribution in [1.82, 2.24) is 14.9 Å². The smallest absolute Gasteiger partial charge is 0.408 e. The number of carbonyl (C=O) groups excluding carboxylic acids is 4. The van der Waals surface area contributed by atoms with Crippen LogP contribution in [0.1, 0.15) is 58.4 Å². The first kappa shape index (κ1) is 31.2. The van der Waals surface area contributed by atoms with E-state index in [2.05, 4.69) is 10.6 Å². The molecule has 1 aliphatic heterocycles. The highest BCUT2D eigenvalue weighted by Gasteiger charge is 2.41. The molecule has 1 saturated heterocycles. The van der Waals surface area contributed by atoms with Gasteiger partial charge in [-0.3, -0.25) is 4.79 Å². The molecule has 1 aliphatic rings. The van der Waals surface area contributed by atoms with Crippen LogP contribution in [0.2, 0.25) is 0 Å². The van der Waals surface area contributed by atoms with Crippen LogP contribution in [0.4, 0.5) is 4.79 Å². The largest absolute Gasteiger partial charge is 0.444 e. The highest BCUT2D eigenvalue weighted by molar-refractivity contribution is 7.89. The number of esters is 2. The van der Waals surface area contributed by atoms with E-state index in [-0.39, 0.29) is 24.3 Å². The number of hydrogen-bond donors (Lipinski definition) is 3. The lowest BCUT2D eigenvalue weighted by Gasteiger charge is -2.30. The molecule has 0 saturated carbocycles. The molecule has 38 heavy (non-hydrogen) atoms. The molecule has 1 aromatic carbocycles. The number of aryl methyl sites for hydroxylation is 1. The second-order valence-electron chi connectivity index (χ2n) is 10.1. The van der Waals surface area contributed by atoms with Crippen LogP contribution in [0.3, 0.4) is 0 Å². The Morgan fingerprint density at radius 2 is 1.82 bits per heavy atom. The van der Waals surface area contributed by atoms with Gasteiger partial charge >= 0.3 is 18.0 Å². The minimum absolute atomic E-state index is 0.134. The van der Waals surface area contributed by atoms with Gasteiger partial charge in [0.25, 0.3) is 15.9 Å². The molecule has 0 radical (unpaired) electrons. The Morgan fingerprint density at radius 3 is 2.37 bits per heavy atom. The van der Waals surface area contributed by atoms with Crippen LogP contribution in [0.15, 0.2) is 29.2 Å². The average molecular weight is 555 g/mol. The SMILES string of the molecule is Cc1ccc(S(=O)(=O)N(C(=O)CNC(=O)OC(C)(C)C)[C@@H](CCCCN)C(=O)OC(=O)[C@@H]2CCCN2)cc1. The Hall–Kier alpha value is -3.03. The summed E-state index contributed by atoms with van der Waals surface area (Å²) in [5, 5.41) is 5.15. The fourth-order valence-electron chi connectivity index (χ4n) is 3.78. The van der Waals surface area contributed by atoms with Gasteiger partial charge in [0.05, 0.1) is 4.90 Å². The average Bonchev–Trinajstić information content (AvgIpc) is 3.36. The van der Waals surface area contributed by atoms with E-state index in [1.165, 1.54) is 12.1 Å². The number of ether oxygens (including phenoxy) is 2. The summed E-state index contributed by atoms with van der Waals surface area (Å²) in [6.45, 7) is 6.72. The predicted octanol–water partition coefficient (Wildman–Crippen LogP) is 1.36. The Morgan fingerprint density at radius 1 is 1.16 bits per heavy atom. The van der Waals surface area contributed by atoms with Crippen LogP contribution in [-0.2, 0) is 33.9 Å². The van der Waals surface area contributed by atoms with E-state index in [4.69, 9.17) is 15.2 Å². The maximum atomic E-state index is 13.7. The van der Waals surface area contributed by atoms with Crippen LogP contribution < -0.4 is 16.4 Å². The van der Waals surface area contributed by atoms with E-state index in [9.17, 15) is 27.6 Å². The molecule has 2 atom stereocenters. The fourth-order valence-corrected chi connectivity index (χ4v) is 5.34. The van der Waals surface area contributed by atoms with E-state index < -0.39 is 58.2 Å². The van der Waals surface area contributed by atoms with E-state index in [0.29, 0.717) is 23.7 Å². The number of nitrogens with zero attached hydrogens (tertiary/aromatic N) is 1. The number of hydrogen-bond acceptors (Lipinski definition) is 10. The summed E-state index contributed by atoms with van der Waals surface area (Å²) < 4.78 is 38.0. The number of amides is 2. The second kappa shape index (κ2) is 13.7. The molecule has 1 heterocycles. The monoisotopic (exact) mass is 554 g/mol. The lowest BCUT2D eigenvalue weighted by Crippen LogP contribution is -2.53. The number of rotatable bonds is 11. The third-order valence-electron chi connectivity index (χ3n) is 5.64. The third-order valence-corrected chi connectivity index (χ3v) is 7.48. The number of unbranched alkanes of at least 4 members (excludes halogenated alkanes) is 1. The Kier molecular flexibility index (Phi) is 11.2. The Bertz CT molecular complexity index is 1090. The first-order chi connectivity index (χ1) is 17.8. The summed E-state index contributed by atoms with van der Waals surface area (Å²) in [6, 6.07) is 3.35. The zero-order chi connectivity index (χ0) is 28.5. The van der Waals surface area contributed by atoms with Crippen molar-refractivity contribution in [2.45, 2.75) is 82.4 Å². The zero-order valence-electron chi connectivity index (χ0n) is 22.3. The van der Waals surface area contributed by atoms with Gasteiger partial charge < -0.3 is 25.8 Å². The van der Waals surface area contributed by atoms with Gasteiger partial charge in [0.1, 0.15) is 24.2 Å². The molecule has 0 unspecified atom stereocenters. The molecule has 0 spiro atoms.